The van der Waals surface area contributed by atoms with E-state index in [9.17, 15) is 4.79 Å². The Balaban J connectivity index is 2.61. The Morgan fingerprint density at radius 1 is 1.64 bits per heavy atom. The van der Waals surface area contributed by atoms with Gasteiger partial charge in [0.05, 0.1) is 6.20 Å². The first-order valence-corrected chi connectivity index (χ1v) is 5.15. The smallest absolute Gasteiger partial charge is 0.130 e. The van der Waals surface area contributed by atoms with E-state index in [4.69, 9.17) is 0 Å². The van der Waals surface area contributed by atoms with E-state index in [1.165, 1.54) is 0 Å². The highest BCUT2D eigenvalue weighted by molar-refractivity contribution is 5.76. The molecule has 0 aliphatic rings. The lowest BCUT2D eigenvalue weighted by Gasteiger charge is -2.05. The van der Waals surface area contributed by atoms with E-state index in [2.05, 4.69) is 18.9 Å². The van der Waals surface area contributed by atoms with Gasteiger partial charge in [0.15, 0.2) is 0 Å². The molecule has 0 N–H and O–H groups in total. The minimum absolute atomic E-state index is 0.237. The van der Waals surface area contributed by atoms with Crippen molar-refractivity contribution >= 4 is 5.78 Å². The fraction of sp³-hybridized carbons (Fsp3) is 0.636. The molecule has 0 aromatic carbocycles. The predicted octanol–water partition coefficient (Wildman–Crippen LogP) is 2.38. The van der Waals surface area contributed by atoms with Gasteiger partial charge in [0.2, 0.25) is 0 Å². The van der Waals surface area contributed by atoms with Crippen molar-refractivity contribution in [1.29, 1.82) is 0 Å². The molecular formula is C11H18N2O. The molecule has 1 heterocycles. The summed E-state index contributed by atoms with van der Waals surface area (Å²) in [5.41, 5.74) is 1.16. The summed E-state index contributed by atoms with van der Waals surface area (Å²) in [6.07, 6.45) is 5.60. The van der Waals surface area contributed by atoms with Crippen molar-refractivity contribution in [2.75, 3.05) is 0 Å². The molecule has 0 aliphatic carbocycles. The van der Waals surface area contributed by atoms with Crippen LogP contribution in [0.25, 0.3) is 0 Å². The van der Waals surface area contributed by atoms with E-state index in [0.29, 0.717) is 6.42 Å². The Hall–Kier alpha value is -1.12. The zero-order valence-electron chi connectivity index (χ0n) is 9.16. The molecule has 0 saturated heterocycles. The number of ketones is 1. The molecule has 0 spiro atoms. The zero-order valence-corrected chi connectivity index (χ0v) is 9.16. The van der Waals surface area contributed by atoms with E-state index < -0.39 is 0 Å². The van der Waals surface area contributed by atoms with E-state index in [0.717, 1.165) is 18.5 Å². The Labute approximate surface area is 85.1 Å². The monoisotopic (exact) mass is 194 g/mol. The van der Waals surface area contributed by atoms with Crippen LogP contribution >= 0.6 is 0 Å². The molecule has 78 valence electrons. The predicted molar refractivity (Wildman–Crippen MR) is 56.2 cm³/mol. The average Bonchev–Trinajstić information content (AvgIpc) is 2.52. The van der Waals surface area contributed by atoms with Gasteiger partial charge in [-0.3, -0.25) is 4.68 Å². The normalized spacial score (nSPS) is 12.8. The van der Waals surface area contributed by atoms with Crippen molar-refractivity contribution in [2.45, 2.75) is 46.1 Å². The Morgan fingerprint density at radius 3 is 2.93 bits per heavy atom. The van der Waals surface area contributed by atoms with Crippen LogP contribution in [0.4, 0.5) is 0 Å². The lowest BCUT2D eigenvalue weighted by atomic mass is 9.99. The highest BCUT2D eigenvalue weighted by Gasteiger charge is 2.09. The van der Waals surface area contributed by atoms with Crippen molar-refractivity contribution in [3.8, 4) is 0 Å². The van der Waals surface area contributed by atoms with Crippen LogP contribution in [0.15, 0.2) is 12.4 Å². The summed E-state index contributed by atoms with van der Waals surface area (Å²) in [5.74, 6) is 0.527. The quantitative estimate of drug-likeness (QED) is 0.721. The molecular weight excluding hydrogens is 176 g/mol. The molecule has 14 heavy (non-hydrogen) atoms. The molecule has 0 aliphatic heterocycles. The lowest BCUT2D eigenvalue weighted by Crippen LogP contribution is -1.99. The molecule has 0 bridgehead atoms. The number of carbonyl (C=O) groups is 1. The van der Waals surface area contributed by atoms with Crippen molar-refractivity contribution in [1.82, 2.24) is 9.78 Å². The minimum atomic E-state index is 0.237. The van der Waals surface area contributed by atoms with Gasteiger partial charge in [0.25, 0.3) is 0 Å². The molecule has 0 amide bonds. The first-order chi connectivity index (χ1) is 6.63. The Bertz CT molecular complexity index is 304. The largest absolute Gasteiger partial charge is 0.300 e. The Kier molecular flexibility index (Phi) is 3.86. The van der Waals surface area contributed by atoms with E-state index in [1.807, 2.05) is 17.1 Å². The van der Waals surface area contributed by atoms with Crippen LogP contribution in [0.3, 0.4) is 0 Å². The maximum Gasteiger partial charge on any atom is 0.130 e. The summed E-state index contributed by atoms with van der Waals surface area (Å²) < 4.78 is 1.94. The number of hydrogen-bond acceptors (Lipinski definition) is 2. The van der Waals surface area contributed by atoms with Crippen LogP contribution in [0, 0.1) is 0 Å². The fourth-order valence-corrected chi connectivity index (χ4v) is 1.53. The lowest BCUT2D eigenvalue weighted by molar-refractivity contribution is -0.117. The number of aryl methyl sites for hydroxylation is 1. The van der Waals surface area contributed by atoms with Gasteiger partial charge in [0, 0.05) is 19.2 Å². The number of hydrogen-bond donors (Lipinski definition) is 0. The van der Waals surface area contributed by atoms with Gasteiger partial charge in [-0.15, -0.1) is 0 Å². The third kappa shape index (κ3) is 2.98. The second kappa shape index (κ2) is 4.94. The second-order valence-electron chi connectivity index (χ2n) is 3.84. The second-order valence-corrected chi connectivity index (χ2v) is 3.84. The van der Waals surface area contributed by atoms with E-state index in [1.54, 1.807) is 6.92 Å². The van der Waals surface area contributed by atoms with E-state index >= 15 is 0 Å². The van der Waals surface area contributed by atoms with Crippen LogP contribution in [-0.2, 0) is 11.3 Å². The maximum atomic E-state index is 10.9. The van der Waals surface area contributed by atoms with Gasteiger partial charge in [-0.05, 0) is 24.8 Å². The first kappa shape index (κ1) is 11.0. The van der Waals surface area contributed by atoms with Crippen LogP contribution in [0.1, 0.15) is 45.1 Å². The minimum Gasteiger partial charge on any atom is -0.300 e. The number of aromatic nitrogens is 2. The summed E-state index contributed by atoms with van der Waals surface area (Å²) in [6.45, 7) is 6.77. The topological polar surface area (TPSA) is 34.9 Å². The summed E-state index contributed by atoms with van der Waals surface area (Å²) in [4.78, 5) is 10.9. The molecule has 1 aromatic heterocycles. The van der Waals surface area contributed by atoms with Crippen LogP contribution in [-0.4, -0.2) is 15.6 Å². The summed E-state index contributed by atoms with van der Waals surface area (Å²) >= 11 is 0. The fourth-order valence-electron chi connectivity index (χ4n) is 1.53. The van der Waals surface area contributed by atoms with Crippen LogP contribution < -0.4 is 0 Å². The van der Waals surface area contributed by atoms with Gasteiger partial charge < -0.3 is 4.79 Å². The summed E-state index contributed by atoms with van der Waals surface area (Å²) in [5, 5.41) is 4.24. The number of carbonyl (C=O) groups excluding carboxylic acids is 1. The molecule has 1 rings (SSSR count). The molecule has 3 heteroatoms. The van der Waals surface area contributed by atoms with Crippen molar-refractivity contribution in [3.05, 3.63) is 18.0 Å². The number of nitrogens with zero attached hydrogens (tertiary/aromatic N) is 2. The third-order valence-electron chi connectivity index (χ3n) is 2.27. The summed E-state index contributed by atoms with van der Waals surface area (Å²) in [7, 11) is 0. The third-order valence-corrected chi connectivity index (χ3v) is 2.27. The molecule has 1 unspecified atom stereocenters. The molecule has 0 fully saturated rings. The molecule has 3 nitrogen and oxygen atoms in total. The first-order valence-electron chi connectivity index (χ1n) is 5.15. The van der Waals surface area contributed by atoms with Gasteiger partial charge in [-0.1, -0.05) is 13.8 Å². The Morgan fingerprint density at radius 2 is 2.36 bits per heavy atom. The summed E-state index contributed by atoms with van der Waals surface area (Å²) in [6, 6.07) is 0. The molecule has 0 radical (unpaired) electrons. The van der Waals surface area contributed by atoms with Gasteiger partial charge in [0.1, 0.15) is 5.78 Å². The number of rotatable bonds is 5. The van der Waals surface area contributed by atoms with Crippen molar-refractivity contribution in [3.63, 3.8) is 0 Å². The highest BCUT2D eigenvalue weighted by atomic mass is 16.1. The maximum absolute atomic E-state index is 10.9. The zero-order chi connectivity index (χ0) is 10.6. The van der Waals surface area contributed by atoms with Crippen LogP contribution in [0.2, 0.25) is 0 Å². The molecule has 1 aromatic rings. The van der Waals surface area contributed by atoms with Crippen molar-refractivity contribution in [2.24, 2.45) is 0 Å². The average molecular weight is 194 g/mol. The standard InChI is InChI=1S/C11H18N2O/c1-4-5-13-8-11(7-12-13)9(2)6-10(3)14/h7-9H,4-6H2,1-3H3. The van der Waals surface area contributed by atoms with Gasteiger partial charge in [-0.25, -0.2) is 0 Å². The van der Waals surface area contributed by atoms with Gasteiger partial charge in [-0.2, -0.15) is 5.10 Å². The highest BCUT2D eigenvalue weighted by Crippen LogP contribution is 2.18. The van der Waals surface area contributed by atoms with E-state index in [-0.39, 0.29) is 11.7 Å². The molecule has 0 saturated carbocycles. The van der Waals surface area contributed by atoms with Crippen LogP contribution in [0.5, 0.6) is 0 Å². The van der Waals surface area contributed by atoms with Crippen molar-refractivity contribution < 1.29 is 4.79 Å². The number of Topliss-reactive ketones (excluding diaryl/α,β-unsaturated/α-hetero) is 1. The van der Waals surface area contributed by atoms with Gasteiger partial charge >= 0.3 is 0 Å². The SMILES string of the molecule is CCCn1cc(C(C)CC(C)=O)cn1. The molecule has 1 atom stereocenters.